The molecule has 82 valence electrons. The third kappa shape index (κ3) is 1.67. The predicted molar refractivity (Wildman–Crippen MR) is 56.0 cm³/mol. The summed E-state index contributed by atoms with van der Waals surface area (Å²) in [4.78, 5) is 0.274. The third-order valence-electron chi connectivity index (χ3n) is 2.79. The molecule has 5 heteroatoms. The van der Waals surface area contributed by atoms with Gasteiger partial charge in [-0.25, -0.2) is 8.42 Å². The number of hydrogen-bond donors (Lipinski definition) is 2. The maximum atomic E-state index is 12.0. The van der Waals surface area contributed by atoms with E-state index in [2.05, 4.69) is 0 Å². The smallest absolute Gasteiger partial charge is 0.183 e. The molecule has 3 N–H and O–H groups in total. The van der Waals surface area contributed by atoms with E-state index in [-0.39, 0.29) is 11.5 Å². The van der Waals surface area contributed by atoms with Crippen LogP contribution >= 0.6 is 0 Å². The first-order valence-corrected chi connectivity index (χ1v) is 6.24. The van der Waals surface area contributed by atoms with Crippen molar-refractivity contribution in [1.82, 2.24) is 0 Å². The van der Waals surface area contributed by atoms with Crippen molar-refractivity contribution in [2.75, 3.05) is 6.61 Å². The molecule has 1 saturated carbocycles. The van der Waals surface area contributed by atoms with E-state index in [0.29, 0.717) is 6.42 Å². The molecule has 2 unspecified atom stereocenters. The van der Waals surface area contributed by atoms with Crippen molar-refractivity contribution in [3.63, 3.8) is 0 Å². The number of sulfone groups is 1. The second-order valence-electron chi connectivity index (χ2n) is 3.94. The minimum absolute atomic E-state index is 0.274. The summed E-state index contributed by atoms with van der Waals surface area (Å²) in [6.07, 6.45) is 0.334. The molecule has 15 heavy (non-hydrogen) atoms. The Hall–Kier alpha value is -0.910. The van der Waals surface area contributed by atoms with Crippen molar-refractivity contribution in [1.29, 1.82) is 0 Å². The van der Waals surface area contributed by atoms with Crippen LogP contribution < -0.4 is 5.73 Å². The summed E-state index contributed by atoms with van der Waals surface area (Å²) < 4.78 is 24.0. The zero-order valence-electron chi connectivity index (χ0n) is 8.13. The van der Waals surface area contributed by atoms with E-state index in [1.807, 2.05) is 0 Å². The zero-order chi connectivity index (χ0) is 11.1. The van der Waals surface area contributed by atoms with Gasteiger partial charge >= 0.3 is 0 Å². The highest BCUT2D eigenvalue weighted by molar-refractivity contribution is 7.92. The molecule has 0 spiro atoms. The van der Waals surface area contributed by atoms with Gasteiger partial charge in [0.1, 0.15) is 0 Å². The van der Waals surface area contributed by atoms with Crippen molar-refractivity contribution in [2.45, 2.75) is 22.1 Å². The molecule has 2 rings (SSSR count). The first-order chi connectivity index (χ1) is 7.00. The molecule has 0 amide bonds. The maximum Gasteiger partial charge on any atom is 0.183 e. The molecule has 0 aliphatic heterocycles. The van der Waals surface area contributed by atoms with Gasteiger partial charge in [-0.15, -0.1) is 0 Å². The normalized spacial score (nSPS) is 30.1. The van der Waals surface area contributed by atoms with Gasteiger partial charge in [-0.2, -0.15) is 0 Å². The molecular weight excluding hydrogens is 214 g/mol. The fraction of sp³-hybridized carbons (Fsp3) is 0.400. The molecule has 4 nitrogen and oxygen atoms in total. The number of benzene rings is 1. The minimum atomic E-state index is -3.37. The Kier molecular flexibility index (Phi) is 2.33. The Morgan fingerprint density at radius 1 is 1.40 bits per heavy atom. The Labute approximate surface area is 88.6 Å². The average molecular weight is 227 g/mol. The number of aliphatic hydroxyl groups excluding tert-OH is 1. The molecule has 0 radical (unpaired) electrons. The van der Waals surface area contributed by atoms with Crippen LogP contribution in [0.15, 0.2) is 35.2 Å². The number of rotatable bonds is 3. The van der Waals surface area contributed by atoms with E-state index in [1.54, 1.807) is 30.3 Å². The number of nitrogens with two attached hydrogens (primary N) is 1. The monoisotopic (exact) mass is 227 g/mol. The van der Waals surface area contributed by atoms with Crippen molar-refractivity contribution < 1.29 is 13.5 Å². The Morgan fingerprint density at radius 2 is 2.00 bits per heavy atom. The molecule has 0 bridgehead atoms. The standard InChI is InChI=1S/C10H13NO3S/c11-10(7-12)6-9(10)15(13,14)8-4-2-1-3-5-8/h1-5,9,12H,6-7,11H2. The highest BCUT2D eigenvalue weighted by Crippen LogP contribution is 2.41. The first kappa shape index (κ1) is 10.6. The van der Waals surface area contributed by atoms with E-state index in [1.165, 1.54) is 0 Å². The lowest BCUT2D eigenvalue weighted by atomic mass is 10.3. The molecule has 2 atom stereocenters. The van der Waals surface area contributed by atoms with Crippen LogP contribution in [-0.4, -0.2) is 30.9 Å². The molecular formula is C10H13NO3S. The van der Waals surface area contributed by atoms with E-state index in [4.69, 9.17) is 10.8 Å². The van der Waals surface area contributed by atoms with Crippen molar-refractivity contribution in [2.24, 2.45) is 5.73 Å². The Morgan fingerprint density at radius 3 is 2.47 bits per heavy atom. The third-order valence-corrected chi connectivity index (χ3v) is 5.10. The molecule has 0 saturated heterocycles. The first-order valence-electron chi connectivity index (χ1n) is 4.69. The van der Waals surface area contributed by atoms with Crippen LogP contribution in [0.5, 0.6) is 0 Å². The van der Waals surface area contributed by atoms with E-state index in [9.17, 15) is 8.42 Å². The van der Waals surface area contributed by atoms with Crippen LogP contribution in [-0.2, 0) is 9.84 Å². The number of hydrogen-bond acceptors (Lipinski definition) is 4. The molecule has 1 aromatic rings. The second kappa shape index (κ2) is 3.30. The lowest BCUT2D eigenvalue weighted by Gasteiger charge is -2.08. The summed E-state index contributed by atoms with van der Waals surface area (Å²) in [7, 11) is -3.37. The van der Waals surface area contributed by atoms with Gasteiger partial charge < -0.3 is 10.8 Å². The van der Waals surface area contributed by atoms with Gasteiger partial charge in [0.05, 0.1) is 22.3 Å². The van der Waals surface area contributed by atoms with Crippen molar-refractivity contribution in [3.05, 3.63) is 30.3 Å². The predicted octanol–water partition coefficient (Wildman–Crippen LogP) is -0.0776. The van der Waals surface area contributed by atoms with Crippen LogP contribution in [0.2, 0.25) is 0 Å². The van der Waals surface area contributed by atoms with Crippen molar-refractivity contribution in [3.8, 4) is 0 Å². The van der Waals surface area contributed by atoms with Gasteiger partial charge in [-0.05, 0) is 18.6 Å². The van der Waals surface area contributed by atoms with E-state index >= 15 is 0 Å². The number of aliphatic hydroxyl groups is 1. The fourth-order valence-electron chi connectivity index (χ4n) is 1.65. The molecule has 1 fully saturated rings. The van der Waals surface area contributed by atoms with Crippen molar-refractivity contribution >= 4 is 9.84 Å². The van der Waals surface area contributed by atoms with Crippen LogP contribution in [0.25, 0.3) is 0 Å². The van der Waals surface area contributed by atoms with Gasteiger partial charge in [-0.1, -0.05) is 18.2 Å². The maximum absolute atomic E-state index is 12.0. The highest BCUT2D eigenvalue weighted by atomic mass is 32.2. The lowest BCUT2D eigenvalue weighted by molar-refractivity contribution is 0.257. The summed E-state index contributed by atoms with van der Waals surface area (Å²) in [6, 6.07) is 8.20. The Bertz CT molecular complexity index is 457. The lowest BCUT2D eigenvalue weighted by Crippen LogP contribution is -2.34. The summed E-state index contributed by atoms with van der Waals surface area (Å²) in [5.74, 6) is 0. The summed E-state index contributed by atoms with van der Waals surface area (Å²) in [6.45, 7) is -0.288. The van der Waals surface area contributed by atoms with Gasteiger partial charge in [0.2, 0.25) is 0 Å². The highest BCUT2D eigenvalue weighted by Gasteiger charge is 2.58. The summed E-state index contributed by atoms with van der Waals surface area (Å²) >= 11 is 0. The van der Waals surface area contributed by atoms with Crippen LogP contribution in [0.3, 0.4) is 0 Å². The van der Waals surface area contributed by atoms with Gasteiger partial charge in [-0.3, -0.25) is 0 Å². The van der Waals surface area contributed by atoms with E-state index in [0.717, 1.165) is 0 Å². The summed E-state index contributed by atoms with van der Waals surface area (Å²) in [5.41, 5.74) is 4.75. The van der Waals surface area contributed by atoms with Gasteiger partial charge in [0.15, 0.2) is 9.84 Å². The molecule has 0 aromatic heterocycles. The second-order valence-corrected chi connectivity index (χ2v) is 6.07. The molecule has 1 aliphatic carbocycles. The topological polar surface area (TPSA) is 80.4 Å². The van der Waals surface area contributed by atoms with Crippen LogP contribution in [0, 0.1) is 0 Å². The van der Waals surface area contributed by atoms with Gasteiger partial charge in [0.25, 0.3) is 0 Å². The van der Waals surface area contributed by atoms with Gasteiger partial charge in [0, 0.05) is 0 Å². The van der Waals surface area contributed by atoms with Crippen LogP contribution in [0.4, 0.5) is 0 Å². The zero-order valence-corrected chi connectivity index (χ0v) is 8.94. The fourth-order valence-corrected chi connectivity index (χ4v) is 3.73. The Balaban J connectivity index is 2.32. The molecule has 1 aromatic carbocycles. The SMILES string of the molecule is NC1(CO)CC1S(=O)(=O)c1ccccc1. The average Bonchev–Trinajstić information content (AvgIpc) is 2.94. The largest absolute Gasteiger partial charge is 0.394 e. The summed E-state index contributed by atoms with van der Waals surface area (Å²) in [5, 5.41) is 8.32. The van der Waals surface area contributed by atoms with Crippen LogP contribution in [0.1, 0.15) is 6.42 Å². The quantitative estimate of drug-likeness (QED) is 0.757. The molecule has 1 aliphatic rings. The minimum Gasteiger partial charge on any atom is -0.394 e. The van der Waals surface area contributed by atoms with E-state index < -0.39 is 20.6 Å². The molecule has 0 heterocycles.